The maximum Gasteiger partial charge on any atom is 0.0297 e. The van der Waals surface area contributed by atoms with E-state index in [-0.39, 0.29) is 6.04 Å². The number of benzene rings is 1. The van der Waals surface area contributed by atoms with Crippen molar-refractivity contribution in [1.29, 1.82) is 0 Å². The number of nitrogens with two attached hydrogens (primary N) is 1. The second kappa shape index (κ2) is 4.36. The molecule has 2 atom stereocenters. The van der Waals surface area contributed by atoms with Crippen LogP contribution in [0.3, 0.4) is 0 Å². The van der Waals surface area contributed by atoms with Crippen molar-refractivity contribution in [2.24, 2.45) is 5.73 Å². The summed E-state index contributed by atoms with van der Waals surface area (Å²) in [5.74, 6) is 0.690. The maximum absolute atomic E-state index is 6.17. The van der Waals surface area contributed by atoms with Crippen LogP contribution in [-0.4, -0.2) is 0 Å². The molecule has 2 N–H and O–H groups in total. The third-order valence-corrected chi connectivity index (χ3v) is 3.53. The highest BCUT2D eigenvalue weighted by Gasteiger charge is 2.21. The Morgan fingerprint density at radius 1 is 1.27 bits per heavy atom. The van der Waals surface area contributed by atoms with Crippen LogP contribution in [0.25, 0.3) is 0 Å². The Bertz CT molecular complexity index is 343. The van der Waals surface area contributed by atoms with Gasteiger partial charge in [-0.2, -0.15) is 0 Å². The minimum absolute atomic E-state index is 0.271. The van der Waals surface area contributed by atoms with Gasteiger partial charge < -0.3 is 5.73 Å². The average molecular weight is 203 g/mol. The fourth-order valence-corrected chi connectivity index (χ4v) is 2.58. The monoisotopic (exact) mass is 203 g/mol. The van der Waals surface area contributed by atoms with E-state index in [2.05, 4.69) is 32.0 Å². The lowest BCUT2D eigenvalue weighted by molar-refractivity contribution is 0.513. The van der Waals surface area contributed by atoms with Crippen molar-refractivity contribution in [3.05, 3.63) is 34.9 Å². The Labute approximate surface area is 92.7 Å². The minimum Gasteiger partial charge on any atom is -0.324 e. The van der Waals surface area contributed by atoms with Crippen molar-refractivity contribution in [3.8, 4) is 0 Å². The van der Waals surface area contributed by atoms with Crippen LogP contribution in [0.4, 0.5) is 0 Å². The molecule has 0 spiro atoms. The molecule has 0 saturated heterocycles. The molecule has 1 aromatic rings. The van der Waals surface area contributed by atoms with Crippen molar-refractivity contribution in [3.63, 3.8) is 0 Å². The van der Waals surface area contributed by atoms with E-state index in [9.17, 15) is 0 Å². The molecule has 0 aromatic heterocycles. The van der Waals surface area contributed by atoms with Gasteiger partial charge in [-0.3, -0.25) is 0 Å². The first kappa shape index (κ1) is 10.7. The van der Waals surface area contributed by atoms with Crippen LogP contribution in [0.15, 0.2) is 18.2 Å². The highest BCUT2D eigenvalue weighted by molar-refractivity contribution is 5.38. The second-order valence-corrected chi connectivity index (χ2v) is 4.80. The predicted octanol–water partition coefficient (Wildman–Crippen LogP) is 3.54. The predicted molar refractivity (Wildman–Crippen MR) is 65.0 cm³/mol. The van der Waals surface area contributed by atoms with Gasteiger partial charge in [0.15, 0.2) is 0 Å². The molecule has 0 aliphatic heterocycles. The first-order chi connectivity index (χ1) is 7.22. The van der Waals surface area contributed by atoms with Crippen LogP contribution in [0.5, 0.6) is 0 Å². The SMILES string of the molecule is CCCc1ccc2c(c1)C(N)CCC2C. The number of aryl methyl sites for hydroxylation is 1. The molecule has 1 heteroatoms. The summed E-state index contributed by atoms with van der Waals surface area (Å²) >= 11 is 0. The first-order valence-electron chi connectivity index (χ1n) is 6.10. The zero-order valence-electron chi connectivity index (χ0n) is 9.79. The Hall–Kier alpha value is -0.820. The van der Waals surface area contributed by atoms with E-state index in [0.717, 1.165) is 6.42 Å². The van der Waals surface area contributed by atoms with Crippen molar-refractivity contribution in [1.82, 2.24) is 0 Å². The standard InChI is InChI=1S/C14H21N/c1-3-4-11-6-7-12-10(2)5-8-14(15)13(12)9-11/h6-7,9-10,14H,3-5,8,15H2,1-2H3. The summed E-state index contributed by atoms with van der Waals surface area (Å²) in [6, 6.07) is 7.17. The van der Waals surface area contributed by atoms with Crippen LogP contribution in [0, 0.1) is 0 Å². The van der Waals surface area contributed by atoms with Crippen LogP contribution >= 0.6 is 0 Å². The first-order valence-corrected chi connectivity index (χ1v) is 6.10. The van der Waals surface area contributed by atoms with E-state index in [1.165, 1.54) is 36.0 Å². The van der Waals surface area contributed by atoms with Crippen molar-refractivity contribution in [2.45, 2.75) is 51.5 Å². The lowest BCUT2D eigenvalue weighted by Crippen LogP contribution is -2.19. The maximum atomic E-state index is 6.17. The molecule has 0 saturated carbocycles. The fourth-order valence-electron chi connectivity index (χ4n) is 2.58. The number of fused-ring (bicyclic) bond motifs is 1. The molecule has 0 heterocycles. The summed E-state index contributed by atoms with van der Waals surface area (Å²) < 4.78 is 0. The van der Waals surface area contributed by atoms with Crippen molar-refractivity contribution >= 4 is 0 Å². The summed E-state index contributed by atoms with van der Waals surface area (Å²) in [6.45, 7) is 4.53. The van der Waals surface area contributed by atoms with Gasteiger partial charge in [-0.25, -0.2) is 0 Å². The van der Waals surface area contributed by atoms with E-state index < -0.39 is 0 Å². The third-order valence-electron chi connectivity index (χ3n) is 3.53. The molecule has 0 radical (unpaired) electrons. The van der Waals surface area contributed by atoms with Gasteiger partial charge in [-0.05, 0) is 41.9 Å². The minimum atomic E-state index is 0.271. The summed E-state index contributed by atoms with van der Waals surface area (Å²) in [5.41, 5.74) is 10.5. The van der Waals surface area contributed by atoms with E-state index in [1.807, 2.05) is 0 Å². The normalized spacial score (nSPS) is 25.0. The molecule has 1 nitrogen and oxygen atoms in total. The van der Waals surface area contributed by atoms with Crippen molar-refractivity contribution in [2.75, 3.05) is 0 Å². The Kier molecular flexibility index (Phi) is 3.11. The molecule has 2 rings (SSSR count). The fraction of sp³-hybridized carbons (Fsp3) is 0.571. The molecule has 2 unspecified atom stereocenters. The van der Waals surface area contributed by atoms with E-state index in [0.29, 0.717) is 5.92 Å². The summed E-state index contributed by atoms with van der Waals surface area (Å²) in [6.07, 6.45) is 4.77. The molecule has 0 bridgehead atoms. The molecule has 0 fully saturated rings. The Morgan fingerprint density at radius 2 is 2.07 bits per heavy atom. The molecule has 1 aromatic carbocycles. The molecule has 0 amide bonds. The number of rotatable bonds is 2. The van der Waals surface area contributed by atoms with Gasteiger partial charge in [0.2, 0.25) is 0 Å². The van der Waals surface area contributed by atoms with Gasteiger partial charge >= 0.3 is 0 Å². The molecular formula is C14H21N. The molecule has 15 heavy (non-hydrogen) atoms. The van der Waals surface area contributed by atoms with E-state index in [1.54, 1.807) is 0 Å². The zero-order chi connectivity index (χ0) is 10.8. The lowest BCUT2D eigenvalue weighted by Gasteiger charge is -2.27. The lowest BCUT2D eigenvalue weighted by atomic mass is 9.80. The topological polar surface area (TPSA) is 26.0 Å². The highest BCUT2D eigenvalue weighted by Crippen LogP contribution is 2.36. The molecular weight excluding hydrogens is 182 g/mol. The van der Waals surface area contributed by atoms with Gasteiger partial charge in [-0.15, -0.1) is 0 Å². The van der Waals surface area contributed by atoms with Crippen molar-refractivity contribution < 1.29 is 0 Å². The van der Waals surface area contributed by atoms with Crippen LogP contribution in [-0.2, 0) is 6.42 Å². The summed E-state index contributed by atoms with van der Waals surface area (Å²) in [4.78, 5) is 0. The van der Waals surface area contributed by atoms with Gasteiger partial charge in [0.05, 0.1) is 0 Å². The van der Waals surface area contributed by atoms with Gasteiger partial charge in [0, 0.05) is 6.04 Å². The molecule has 1 aliphatic rings. The quantitative estimate of drug-likeness (QED) is 0.781. The Morgan fingerprint density at radius 3 is 2.80 bits per heavy atom. The molecule has 1 aliphatic carbocycles. The second-order valence-electron chi connectivity index (χ2n) is 4.80. The smallest absolute Gasteiger partial charge is 0.0297 e. The molecule has 82 valence electrons. The summed E-state index contributed by atoms with van der Waals surface area (Å²) in [7, 11) is 0. The number of hydrogen-bond acceptors (Lipinski definition) is 1. The van der Waals surface area contributed by atoms with Gasteiger partial charge in [0.25, 0.3) is 0 Å². The largest absolute Gasteiger partial charge is 0.324 e. The Balaban J connectivity index is 2.36. The summed E-state index contributed by atoms with van der Waals surface area (Å²) in [5, 5.41) is 0. The number of hydrogen-bond donors (Lipinski definition) is 1. The van der Waals surface area contributed by atoms with Crippen LogP contribution in [0.1, 0.15) is 61.8 Å². The van der Waals surface area contributed by atoms with Crippen LogP contribution in [0.2, 0.25) is 0 Å². The average Bonchev–Trinajstić information content (AvgIpc) is 2.24. The third kappa shape index (κ3) is 2.07. The van der Waals surface area contributed by atoms with Gasteiger partial charge in [0.1, 0.15) is 0 Å². The van der Waals surface area contributed by atoms with Crippen LogP contribution < -0.4 is 5.73 Å². The van der Waals surface area contributed by atoms with E-state index in [4.69, 9.17) is 5.73 Å². The van der Waals surface area contributed by atoms with E-state index >= 15 is 0 Å². The highest BCUT2D eigenvalue weighted by atomic mass is 14.6. The zero-order valence-corrected chi connectivity index (χ0v) is 9.79. The van der Waals surface area contributed by atoms with Gasteiger partial charge in [-0.1, -0.05) is 38.5 Å².